The fourth-order valence-electron chi connectivity index (χ4n) is 4.67. The second-order valence-corrected chi connectivity index (χ2v) is 17.9. The largest absolute Gasteiger partial charge is 0.491 e. The minimum atomic E-state index is -1.92. The zero-order valence-corrected chi connectivity index (χ0v) is 26.1. The first-order valence-electron chi connectivity index (χ1n) is 13.6. The van der Waals surface area contributed by atoms with Gasteiger partial charge in [-0.05, 0) is 84.1 Å². The van der Waals surface area contributed by atoms with E-state index in [4.69, 9.17) is 9.16 Å². The van der Waals surface area contributed by atoms with Gasteiger partial charge in [-0.1, -0.05) is 85.7 Å². The molecule has 4 heteroatoms. The Kier molecular flexibility index (Phi) is 9.70. The van der Waals surface area contributed by atoms with Crippen molar-refractivity contribution in [1.82, 2.24) is 0 Å². The number of aryl methyl sites for hydroxylation is 2. The van der Waals surface area contributed by atoms with Crippen LogP contribution >= 0.6 is 0 Å². The van der Waals surface area contributed by atoms with Gasteiger partial charge in [0.1, 0.15) is 12.4 Å². The van der Waals surface area contributed by atoms with E-state index in [0.29, 0.717) is 6.61 Å². The van der Waals surface area contributed by atoms with Gasteiger partial charge in [0.05, 0.1) is 12.7 Å². The maximum absolute atomic E-state index is 9.63. The molecule has 1 atom stereocenters. The van der Waals surface area contributed by atoms with Crippen LogP contribution in [0.15, 0.2) is 36.4 Å². The maximum Gasteiger partial charge on any atom is 0.192 e. The Bertz CT molecular complexity index is 1010. The SMILES string of the molecule is CCC(CC)(c1ccc(CO)c(C)c1)c1ccc(OCC(O[Si](C)(C)C(C)(C)C)C(C)(C)C)c(C)c1. The average Bonchev–Trinajstić information content (AvgIpc) is 2.77. The molecule has 1 N–H and O–H groups in total. The summed E-state index contributed by atoms with van der Waals surface area (Å²) in [7, 11) is -1.92. The molecule has 202 valence electrons. The van der Waals surface area contributed by atoms with Gasteiger partial charge in [0.15, 0.2) is 8.32 Å². The molecule has 36 heavy (non-hydrogen) atoms. The van der Waals surface area contributed by atoms with E-state index in [2.05, 4.69) is 119 Å². The van der Waals surface area contributed by atoms with Crippen LogP contribution in [0, 0.1) is 19.3 Å². The van der Waals surface area contributed by atoms with Crippen LogP contribution in [0.1, 0.15) is 96.0 Å². The van der Waals surface area contributed by atoms with Gasteiger partial charge in [0.25, 0.3) is 0 Å². The van der Waals surface area contributed by atoms with E-state index in [-0.39, 0.29) is 28.6 Å². The number of ether oxygens (including phenoxy) is 1. The summed E-state index contributed by atoms with van der Waals surface area (Å²) in [5.41, 5.74) is 5.84. The molecule has 2 aromatic carbocycles. The normalized spacial score (nSPS) is 14.1. The van der Waals surface area contributed by atoms with Crippen molar-refractivity contribution in [3.8, 4) is 5.75 Å². The van der Waals surface area contributed by atoms with E-state index < -0.39 is 8.32 Å². The Morgan fingerprint density at radius 2 is 1.36 bits per heavy atom. The molecule has 0 spiro atoms. The Morgan fingerprint density at radius 3 is 1.78 bits per heavy atom. The van der Waals surface area contributed by atoms with Crippen LogP contribution in [0.25, 0.3) is 0 Å². The van der Waals surface area contributed by atoms with Crippen LogP contribution in [-0.4, -0.2) is 26.1 Å². The molecule has 2 rings (SSSR count). The highest BCUT2D eigenvalue weighted by molar-refractivity contribution is 6.74. The second-order valence-electron chi connectivity index (χ2n) is 13.1. The molecule has 0 aliphatic heterocycles. The van der Waals surface area contributed by atoms with Gasteiger partial charge in [0.2, 0.25) is 0 Å². The molecular formula is C32H52O3Si. The Balaban J connectivity index is 2.35. The zero-order chi connectivity index (χ0) is 27.5. The van der Waals surface area contributed by atoms with E-state index in [0.717, 1.165) is 35.3 Å². The van der Waals surface area contributed by atoms with E-state index in [9.17, 15) is 5.11 Å². The molecule has 0 fully saturated rings. The maximum atomic E-state index is 9.63. The van der Waals surface area contributed by atoms with Crippen molar-refractivity contribution < 1.29 is 14.3 Å². The first-order chi connectivity index (χ1) is 16.5. The number of benzene rings is 2. The smallest absolute Gasteiger partial charge is 0.192 e. The summed E-state index contributed by atoms with van der Waals surface area (Å²) in [6, 6.07) is 13.2. The van der Waals surface area contributed by atoms with Crippen molar-refractivity contribution in [2.24, 2.45) is 5.41 Å². The van der Waals surface area contributed by atoms with E-state index in [1.54, 1.807) is 0 Å². The number of hydrogen-bond acceptors (Lipinski definition) is 3. The molecule has 0 saturated carbocycles. The number of aliphatic hydroxyl groups excluding tert-OH is 1. The number of rotatable bonds is 10. The fourth-order valence-corrected chi connectivity index (χ4v) is 6.16. The highest BCUT2D eigenvalue weighted by atomic mass is 28.4. The van der Waals surface area contributed by atoms with Gasteiger partial charge in [0, 0.05) is 5.41 Å². The molecular weight excluding hydrogens is 460 g/mol. The highest BCUT2D eigenvalue weighted by Gasteiger charge is 2.42. The lowest BCUT2D eigenvalue weighted by Gasteiger charge is -2.43. The minimum absolute atomic E-state index is 0.0124. The van der Waals surface area contributed by atoms with Gasteiger partial charge in [-0.15, -0.1) is 0 Å². The third-order valence-electron chi connectivity index (χ3n) is 8.60. The van der Waals surface area contributed by atoms with Crippen LogP contribution in [0.4, 0.5) is 0 Å². The van der Waals surface area contributed by atoms with Crippen molar-refractivity contribution in [2.75, 3.05) is 6.61 Å². The van der Waals surface area contributed by atoms with Crippen molar-refractivity contribution in [3.05, 3.63) is 64.2 Å². The predicted octanol–water partition coefficient (Wildman–Crippen LogP) is 8.72. The van der Waals surface area contributed by atoms with E-state index in [1.807, 2.05) is 0 Å². The molecule has 0 aromatic heterocycles. The van der Waals surface area contributed by atoms with Crippen LogP contribution in [0.2, 0.25) is 18.1 Å². The topological polar surface area (TPSA) is 38.7 Å². The average molecular weight is 513 g/mol. The van der Waals surface area contributed by atoms with Crippen LogP contribution in [-0.2, 0) is 16.4 Å². The summed E-state index contributed by atoms with van der Waals surface area (Å²) in [6.45, 7) is 27.6. The van der Waals surface area contributed by atoms with E-state index >= 15 is 0 Å². The number of hydrogen-bond donors (Lipinski definition) is 1. The summed E-state index contributed by atoms with van der Waals surface area (Å²) < 4.78 is 13.3. The molecule has 3 nitrogen and oxygen atoms in total. The molecule has 0 amide bonds. The molecule has 0 heterocycles. The standard InChI is InChI=1S/C32H52O3Si/c1-13-32(14-2,26-16-15-25(21-33)23(3)19-26)27-17-18-28(24(4)20-27)34-22-29(30(5,6)7)35-36(11,12)31(8,9)10/h15-20,29,33H,13-14,21-22H2,1-12H3. The molecule has 0 aliphatic rings. The first-order valence-corrected chi connectivity index (χ1v) is 16.6. The Morgan fingerprint density at radius 1 is 0.833 bits per heavy atom. The molecule has 0 radical (unpaired) electrons. The lowest BCUT2D eigenvalue weighted by Crippen LogP contribution is -2.49. The third kappa shape index (κ3) is 6.62. The number of aliphatic hydroxyl groups is 1. The van der Waals surface area contributed by atoms with Crippen LogP contribution < -0.4 is 4.74 Å². The monoisotopic (exact) mass is 512 g/mol. The Labute approximate surface area is 222 Å². The molecule has 1 unspecified atom stereocenters. The minimum Gasteiger partial charge on any atom is -0.491 e. The van der Waals surface area contributed by atoms with Gasteiger partial charge in [-0.3, -0.25) is 0 Å². The third-order valence-corrected chi connectivity index (χ3v) is 13.1. The van der Waals surface area contributed by atoms with Gasteiger partial charge in [-0.2, -0.15) is 0 Å². The molecule has 2 aromatic rings. The lowest BCUT2D eigenvalue weighted by molar-refractivity contribution is 0.0310. The van der Waals surface area contributed by atoms with Crippen LogP contribution in [0.5, 0.6) is 5.75 Å². The van der Waals surface area contributed by atoms with Gasteiger partial charge >= 0.3 is 0 Å². The second kappa shape index (κ2) is 11.4. The predicted molar refractivity (Wildman–Crippen MR) is 157 cm³/mol. The van der Waals surface area contributed by atoms with Gasteiger partial charge < -0.3 is 14.3 Å². The Hall–Kier alpha value is -1.62. The summed E-state index contributed by atoms with van der Waals surface area (Å²) in [5, 5.41) is 9.79. The van der Waals surface area contributed by atoms with Crippen molar-refractivity contribution in [2.45, 2.75) is 118 Å². The first kappa shape index (κ1) is 30.6. The van der Waals surface area contributed by atoms with Crippen LogP contribution in [0.3, 0.4) is 0 Å². The quantitative estimate of drug-likeness (QED) is 0.323. The van der Waals surface area contributed by atoms with Crippen molar-refractivity contribution in [1.29, 1.82) is 0 Å². The van der Waals surface area contributed by atoms with E-state index in [1.165, 1.54) is 11.1 Å². The summed E-state index contributed by atoms with van der Waals surface area (Å²) >= 11 is 0. The van der Waals surface area contributed by atoms with Crippen molar-refractivity contribution in [3.63, 3.8) is 0 Å². The summed E-state index contributed by atoms with van der Waals surface area (Å²) in [5.74, 6) is 0.930. The zero-order valence-electron chi connectivity index (χ0n) is 25.1. The molecule has 0 bridgehead atoms. The summed E-state index contributed by atoms with van der Waals surface area (Å²) in [6.07, 6.45) is 2.04. The van der Waals surface area contributed by atoms with Crippen molar-refractivity contribution >= 4 is 8.32 Å². The molecule has 0 saturated heterocycles. The lowest BCUT2D eigenvalue weighted by atomic mass is 9.70. The molecule has 0 aliphatic carbocycles. The fraction of sp³-hybridized carbons (Fsp3) is 0.625. The summed E-state index contributed by atoms with van der Waals surface area (Å²) in [4.78, 5) is 0. The highest BCUT2D eigenvalue weighted by Crippen LogP contribution is 2.42. The van der Waals surface area contributed by atoms with Gasteiger partial charge in [-0.25, -0.2) is 0 Å².